The molecule has 0 saturated heterocycles. The van der Waals surface area contributed by atoms with Gasteiger partial charge in [0.15, 0.2) is 5.52 Å². The Kier molecular flexibility index (Phi) is 9.69. The van der Waals surface area contributed by atoms with Crippen molar-refractivity contribution >= 4 is 38.3 Å². The van der Waals surface area contributed by atoms with Gasteiger partial charge in [-0.2, -0.15) is 0 Å². The first-order valence-electron chi connectivity index (χ1n) is 10.3. The number of hydrogen-bond donors (Lipinski definition) is 0. The van der Waals surface area contributed by atoms with Crippen LogP contribution < -0.4 is 14.8 Å². The van der Waals surface area contributed by atoms with Crippen LogP contribution in [-0.4, -0.2) is 36.6 Å². The average Bonchev–Trinajstić information content (AvgIpc) is 2.54. The molecule has 0 aliphatic rings. The minimum atomic E-state index is 0. The van der Waals surface area contributed by atoms with E-state index in [-0.39, 0.29) is 50.6 Å². The molecule has 5 heteroatoms. The van der Waals surface area contributed by atoms with Gasteiger partial charge in [-0.1, -0.05) is 32.9 Å². The van der Waals surface area contributed by atoms with E-state index >= 15 is 0 Å². The van der Waals surface area contributed by atoms with Crippen LogP contribution in [-0.2, 0) is 5.41 Å². The van der Waals surface area contributed by atoms with Crippen LogP contribution in [0.5, 0.6) is 11.5 Å². The summed E-state index contributed by atoms with van der Waals surface area (Å²) in [6, 6.07) is 10.1. The second kappa shape index (κ2) is 10.9. The number of carbonyl (C=O) groups excluding carboxylic acids is 1. The molecule has 30 heavy (non-hydrogen) atoms. The molecule has 0 aliphatic heterocycles. The molecule has 0 spiro atoms. The van der Waals surface area contributed by atoms with Gasteiger partial charge in [0, 0.05) is 16.9 Å². The van der Waals surface area contributed by atoms with Crippen molar-refractivity contribution < 1.29 is 14.3 Å². The van der Waals surface area contributed by atoms with Crippen LogP contribution in [0, 0.1) is 13.8 Å². The zero-order valence-corrected chi connectivity index (χ0v) is 20.3. The van der Waals surface area contributed by atoms with Crippen LogP contribution in [0.1, 0.15) is 75.5 Å². The van der Waals surface area contributed by atoms with E-state index in [1.165, 1.54) is 5.56 Å². The molecular weight excluding hydrogens is 386 g/mol. The van der Waals surface area contributed by atoms with Gasteiger partial charge in [-0.05, 0) is 84.4 Å². The number of ether oxygens (including phenoxy) is 2. The summed E-state index contributed by atoms with van der Waals surface area (Å²) in [7, 11) is 0.00311. The first-order chi connectivity index (χ1) is 13.4. The molecule has 2 rings (SSSR count). The van der Waals surface area contributed by atoms with Crippen LogP contribution in [0.2, 0.25) is 0 Å². The van der Waals surface area contributed by atoms with E-state index in [0.29, 0.717) is 0 Å². The van der Waals surface area contributed by atoms with Crippen molar-refractivity contribution in [1.29, 1.82) is 0 Å². The molecule has 0 radical (unpaired) electrons. The van der Waals surface area contributed by atoms with Gasteiger partial charge in [0.1, 0.15) is 11.5 Å². The first kappa shape index (κ1) is 26.8. The van der Waals surface area contributed by atoms with E-state index in [9.17, 15) is 4.79 Å². The van der Waals surface area contributed by atoms with Gasteiger partial charge in [-0.3, -0.25) is 4.79 Å². The second-order valence-corrected chi connectivity index (χ2v) is 10.4. The minimum absolute atomic E-state index is 0. The van der Waals surface area contributed by atoms with E-state index in [2.05, 4.69) is 32.9 Å². The van der Waals surface area contributed by atoms with Crippen LogP contribution in [0.4, 0.5) is 0 Å². The Morgan fingerprint density at radius 1 is 0.900 bits per heavy atom. The Hall–Kier alpha value is -1.26. The van der Waals surface area contributed by atoms with Crippen molar-refractivity contribution in [2.45, 2.75) is 79.9 Å². The van der Waals surface area contributed by atoms with Gasteiger partial charge < -0.3 is 9.47 Å². The molecule has 0 fully saturated rings. The van der Waals surface area contributed by atoms with Crippen LogP contribution in [0.3, 0.4) is 0 Å². The third-order valence-electron chi connectivity index (χ3n) is 4.56. The first-order valence-corrected chi connectivity index (χ1v) is 11.3. The standard InChI is InChI=1S/C25H35O3P.Li.H/c1-15(2)27-20-10-11-22(21(14-20)28-16(3)4)29-24(26)23-17(5)12-19(13-18(23)6)25(7,8)9;;/h10-16,29H,1-9H3;;. The van der Waals surface area contributed by atoms with Crippen molar-refractivity contribution in [3.05, 3.63) is 52.6 Å². The van der Waals surface area contributed by atoms with Gasteiger partial charge in [-0.15, -0.1) is 0 Å². The summed E-state index contributed by atoms with van der Waals surface area (Å²) in [6.07, 6.45) is 0.112. The van der Waals surface area contributed by atoms with Crippen LogP contribution in [0.25, 0.3) is 0 Å². The molecule has 0 aromatic heterocycles. The molecule has 2 aromatic carbocycles. The Morgan fingerprint density at radius 3 is 1.90 bits per heavy atom. The fraction of sp³-hybridized carbons (Fsp3) is 0.480. The summed E-state index contributed by atoms with van der Waals surface area (Å²) in [4.78, 5) is 13.2. The van der Waals surface area contributed by atoms with E-state index in [4.69, 9.17) is 9.47 Å². The average molecular weight is 422 g/mol. The maximum atomic E-state index is 13.2. The Bertz CT molecular complexity index is 859. The predicted molar refractivity (Wildman–Crippen MR) is 132 cm³/mol. The van der Waals surface area contributed by atoms with E-state index in [1.54, 1.807) is 0 Å². The monoisotopic (exact) mass is 422 g/mol. The summed E-state index contributed by atoms with van der Waals surface area (Å²) in [5.74, 6) is 1.49. The van der Waals surface area contributed by atoms with Gasteiger partial charge in [0.25, 0.3) is 0 Å². The Labute approximate surface area is 196 Å². The normalized spacial score (nSPS) is 11.8. The molecule has 0 amide bonds. The van der Waals surface area contributed by atoms with Crippen LogP contribution >= 0.6 is 8.58 Å². The number of rotatable bonds is 7. The molecule has 0 bridgehead atoms. The molecule has 1 unspecified atom stereocenters. The molecule has 0 aliphatic carbocycles. The summed E-state index contributed by atoms with van der Waals surface area (Å²) in [5, 5.41) is 0.915. The molecule has 0 N–H and O–H groups in total. The van der Waals surface area contributed by atoms with Crippen molar-refractivity contribution in [3.63, 3.8) is 0 Å². The van der Waals surface area contributed by atoms with Gasteiger partial charge >= 0.3 is 18.9 Å². The molecule has 3 nitrogen and oxygen atoms in total. The molecule has 0 saturated carbocycles. The second-order valence-electron chi connectivity index (χ2n) is 9.18. The van der Waals surface area contributed by atoms with E-state index in [0.717, 1.165) is 33.5 Å². The van der Waals surface area contributed by atoms with Gasteiger partial charge in [0.2, 0.25) is 0 Å². The fourth-order valence-corrected chi connectivity index (χ4v) is 4.43. The zero-order chi connectivity index (χ0) is 21.9. The van der Waals surface area contributed by atoms with Crippen LogP contribution in [0.15, 0.2) is 30.3 Å². The van der Waals surface area contributed by atoms with Gasteiger partial charge in [0.05, 0.1) is 12.2 Å². The molecule has 0 heterocycles. The fourth-order valence-electron chi connectivity index (χ4n) is 3.24. The summed E-state index contributed by atoms with van der Waals surface area (Å²) >= 11 is 0. The summed E-state index contributed by atoms with van der Waals surface area (Å²) in [5.41, 5.74) is 4.37. The number of aryl methyl sites for hydroxylation is 2. The predicted octanol–water partition coefficient (Wildman–Crippen LogP) is 5.67. The molecular formula is C25H36LiO3P. The summed E-state index contributed by atoms with van der Waals surface area (Å²) < 4.78 is 11.8. The van der Waals surface area contributed by atoms with E-state index in [1.807, 2.05) is 59.7 Å². The summed E-state index contributed by atoms with van der Waals surface area (Å²) in [6.45, 7) is 18.6. The molecule has 160 valence electrons. The number of hydrogen-bond acceptors (Lipinski definition) is 3. The molecule has 1 atom stereocenters. The SMILES string of the molecule is Cc1cc(C(C)(C)C)cc(C)c1C(=O)Pc1ccc(OC(C)C)cc1OC(C)C.[LiH]. The zero-order valence-electron chi connectivity index (χ0n) is 19.3. The Balaban J connectivity index is 0.00000450. The topological polar surface area (TPSA) is 35.5 Å². The van der Waals surface area contributed by atoms with Gasteiger partial charge in [-0.25, -0.2) is 0 Å². The number of benzene rings is 2. The third kappa shape index (κ3) is 7.16. The number of carbonyl (C=O) groups is 1. The van der Waals surface area contributed by atoms with Crippen molar-refractivity contribution in [2.24, 2.45) is 0 Å². The van der Waals surface area contributed by atoms with E-state index < -0.39 is 0 Å². The van der Waals surface area contributed by atoms with Crippen molar-refractivity contribution in [3.8, 4) is 11.5 Å². The molecule has 2 aromatic rings. The van der Waals surface area contributed by atoms with Crippen molar-refractivity contribution in [2.75, 3.05) is 0 Å². The Morgan fingerprint density at radius 2 is 1.43 bits per heavy atom. The third-order valence-corrected chi connectivity index (χ3v) is 5.72. The van der Waals surface area contributed by atoms with Crippen molar-refractivity contribution in [1.82, 2.24) is 0 Å². The maximum absolute atomic E-state index is 13.2. The quantitative estimate of drug-likeness (QED) is 0.426.